The normalized spacial score (nSPS) is 12.5. The highest BCUT2D eigenvalue weighted by molar-refractivity contribution is 6.34. The van der Waals surface area contributed by atoms with E-state index in [2.05, 4.69) is 15.7 Å². The molecule has 2 aromatic carbocycles. The minimum Gasteiger partial charge on any atom is -0.325 e. The Balaban J connectivity index is 1.63. The number of anilines is 2. The molecule has 9 heteroatoms. The Bertz CT molecular complexity index is 1180. The highest BCUT2D eigenvalue weighted by atomic mass is 35.5. The molecule has 3 aromatic rings. The molecule has 0 atom stereocenters. The maximum Gasteiger partial charge on any atom is 0.276 e. The van der Waals surface area contributed by atoms with E-state index in [9.17, 15) is 18.4 Å². The number of nitrogens with zero attached hydrogens (tertiary/aromatic N) is 2. The number of nitrogens with one attached hydrogen (secondary N) is 2. The Morgan fingerprint density at radius 3 is 2.57 bits per heavy atom. The summed E-state index contributed by atoms with van der Waals surface area (Å²) in [5.41, 5.74) is 3.06. The highest BCUT2D eigenvalue weighted by Crippen LogP contribution is 2.30. The SMILES string of the molecule is CC(=O)Nc1ccc(NC(=O)c2nn(-c3ccc(F)c(F)c3)c3c2CCC3)cc1Cl. The molecule has 1 aliphatic rings. The maximum absolute atomic E-state index is 13.7. The van der Waals surface area contributed by atoms with Crippen molar-refractivity contribution in [2.75, 3.05) is 10.6 Å². The largest absolute Gasteiger partial charge is 0.325 e. The minimum atomic E-state index is -0.977. The second kappa shape index (κ2) is 7.87. The van der Waals surface area contributed by atoms with Gasteiger partial charge in [-0.1, -0.05) is 11.6 Å². The highest BCUT2D eigenvalue weighted by Gasteiger charge is 2.27. The topological polar surface area (TPSA) is 76.0 Å². The summed E-state index contributed by atoms with van der Waals surface area (Å²) in [6.07, 6.45) is 2.20. The lowest BCUT2D eigenvalue weighted by atomic mass is 10.2. The van der Waals surface area contributed by atoms with Crippen molar-refractivity contribution >= 4 is 34.8 Å². The number of hydrogen-bond donors (Lipinski definition) is 2. The number of fused-ring (bicyclic) bond motifs is 1. The lowest BCUT2D eigenvalue weighted by Gasteiger charge is -2.09. The molecule has 30 heavy (non-hydrogen) atoms. The molecular weight excluding hydrogens is 414 g/mol. The predicted octanol–water partition coefficient (Wildman–Crippen LogP) is 4.50. The standard InChI is InChI=1S/C21H17ClF2N4O2/c1-11(29)25-18-8-5-12(9-15(18)22)26-21(30)20-14-3-2-4-19(14)28(27-20)13-6-7-16(23)17(24)10-13/h5-10H,2-4H2,1H3,(H,25,29)(H,26,30). The zero-order chi connectivity index (χ0) is 21.4. The number of amides is 2. The smallest absolute Gasteiger partial charge is 0.276 e. The van der Waals surface area contributed by atoms with Gasteiger partial charge < -0.3 is 10.6 Å². The van der Waals surface area contributed by atoms with Crippen LogP contribution in [0.2, 0.25) is 5.02 Å². The van der Waals surface area contributed by atoms with Crippen LogP contribution in [0.15, 0.2) is 36.4 Å². The van der Waals surface area contributed by atoms with Gasteiger partial charge in [0, 0.05) is 29.9 Å². The third kappa shape index (κ3) is 3.78. The van der Waals surface area contributed by atoms with Gasteiger partial charge in [-0.25, -0.2) is 13.5 Å². The van der Waals surface area contributed by atoms with Gasteiger partial charge in [0.1, 0.15) is 0 Å². The number of rotatable bonds is 4. The molecule has 4 rings (SSSR count). The Morgan fingerprint density at radius 2 is 1.87 bits per heavy atom. The van der Waals surface area contributed by atoms with Crippen molar-refractivity contribution in [3.63, 3.8) is 0 Å². The molecule has 1 aliphatic carbocycles. The number of aromatic nitrogens is 2. The van der Waals surface area contributed by atoms with Crippen LogP contribution in [0.3, 0.4) is 0 Å². The number of carbonyl (C=O) groups is 2. The van der Waals surface area contributed by atoms with Gasteiger partial charge in [0.15, 0.2) is 17.3 Å². The summed E-state index contributed by atoms with van der Waals surface area (Å²) in [7, 11) is 0. The summed E-state index contributed by atoms with van der Waals surface area (Å²) in [4.78, 5) is 24.1. The molecule has 2 N–H and O–H groups in total. The van der Waals surface area contributed by atoms with Gasteiger partial charge >= 0.3 is 0 Å². The van der Waals surface area contributed by atoms with Gasteiger partial charge in [0.05, 0.1) is 16.4 Å². The van der Waals surface area contributed by atoms with E-state index in [-0.39, 0.29) is 16.6 Å². The van der Waals surface area contributed by atoms with Crippen LogP contribution < -0.4 is 10.6 Å². The van der Waals surface area contributed by atoms with Gasteiger partial charge in [-0.05, 0) is 49.6 Å². The van der Waals surface area contributed by atoms with E-state index in [4.69, 9.17) is 11.6 Å². The Hall–Kier alpha value is -3.26. The number of halogens is 3. The number of carbonyl (C=O) groups excluding carboxylic acids is 2. The third-order valence-electron chi connectivity index (χ3n) is 4.83. The third-order valence-corrected chi connectivity index (χ3v) is 5.14. The van der Waals surface area contributed by atoms with Crippen molar-refractivity contribution < 1.29 is 18.4 Å². The van der Waals surface area contributed by atoms with Crippen LogP contribution in [0.25, 0.3) is 5.69 Å². The molecule has 0 saturated heterocycles. The fourth-order valence-corrected chi connectivity index (χ4v) is 3.75. The van der Waals surface area contributed by atoms with Crippen molar-refractivity contribution in [2.24, 2.45) is 0 Å². The summed E-state index contributed by atoms with van der Waals surface area (Å²) in [5.74, 6) is -2.61. The zero-order valence-corrected chi connectivity index (χ0v) is 16.7. The molecule has 0 radical (unpaired) electrons. The number of benzene rings is 2. The lowest BCUT2D eigenvalue weighted by Crippen LogP contribution is -2.15. The molecule has 0 unspecified atom stereocenters. The Labute approximate surface area is 175 Å². The predicted molar refractivity (Wildman–Crippen MR) is 109 cm³/mol. The second-order valence-electron chi connectivity index (χ2n) is 6.97. The van der Waals surface area contributed by atoms with E-state index < -0.39 is 17.5 Å². The molecule has 154 valence electrons. The van der Waals surface area contributed by atoms with Crippen molar-refractivity contribution in [2.45, 2.75) is 26.2 Å². The van der Waals surface area contributed by atoms with Crippen molar-refractivity contribution in [1.82, 2.24) is 9.78 Å². The van der Waals surface area contributed by atoms with E-state index >= 15 is 0 Å². The fraction of sp³-hybridized carbons (Fsp3) is 0.190. The molecule has 0 saturated carbocycles. The summed E-state index contributed by atoms with van der Waals surface area (Å²) >= 11 is 6.16. The quantitative estimate of drug-likeness (QED) is 0.639. The van der Waals surface area contributed by atoms with Crippen molar-refractivity contribution in [1.29, 1.82) is 0 Å². The molecule has 6 nitrogen and oxygen atoms in total. The molecule has 0 spiro atoms. The molecule has 0 bridgehead atoms. The molecule has 1 heterocycles. The molecule has 0 aliphatic heterocycles. The first kappa shape index (κ1) is 20.0. The first-order valence-electron chi connectivity index (χ1n) is 9.28. The summed E-state index contributed by atoms with van der Waals surface area (Å²) in [5, 5.41) is 9.99. The van der Waals surface area contributed by atoms with E-state index in [1.54, 1.807) is 12.1 Å². The Kier molecular flexibility index (Phi) is 5.26. The average molecular weight is 431 g/mol. The maximum atomic E-state index is 13.7. The molecule has 1 aromatic heterocycles. The summed E-state index contributed by atoms with van der Waals surface area (Å²) in [6, 6.07) is 8.24. The monoisotopic (exact) mass is 430 g/mol. The number of hydrogen-bond acceptors (Lipinski definition) is 3. The zero-order valence-electron chi connectivity index (χ0n) is 15.9. The van der Waals surface area contributed by atoms with Gasteiger partial charge in [0.25, 0.3) is 5.91 Å². The van der Waals surface area contributed by atoms with Crippen LogP contribution in [-0.4, -0.2) is 21.6 Å². The summed E-state index contributed by atoms with van der Waals surface area (Å²) < 4.78 is 28.5. The van der Waals surface area contributed by atoms with Crippen LogP contribution in [0, 0.1) is 11.6 Å². The van der Waals surface area contributed by atoms with E-state index in [1.165, 1.54) is 23.7 Å². The van der Waals surface area contributed by atoms with Gasteiger partial charge in [-0.3, -0.25) is 9.59 Å². The van der Waals surface area contributed by atoms with Crippen LogP contribution in [-0.2, 0) is 17.6 Å². The lowest BCUT2D eigenvalue weighted by molar-refractivity contribution is -0.114. The first-order chi connectivity index (χ1) is 14.3. The van der Waals surface area contributed by atoms with E-state index in [1.807, 2.05) is 0 Å². The second-order valence-corrected chi connectivity index (χ2v) is 7.37. The van der Waals surface area contributed by atoms with E-state index in [0.29, 0.717) is 29.9 Å². The van der Waals surface area contributed by atoms with Crippen LogP contribution in [0.4, 0.5) is 20.2 Å². The molecular formula is C21H17ClF2N4O2. The molecule has 2 amide bonds. The van der Waals surface area contributed by atoms with Gasteiger partial charge in [-0.2, -0.15) is 5.10 Å². The summed E-state index contributed by atoms with van der Waals surface area (Å²) in [6.45, 7) is 1.37. The fourth-order valence-electron chi connectivity index (χ4n) is 3.52. The van der Waals surface area contributed by atoms with Gasteiger partial charge in [0.2, 0.25) is 5.91 Å². The van der Waals surface area contributed by atoms with Crippen molar-refractivity contribution in [3.8, 4) is 5.69 Å². The van der Waals surface area contributed by atoms with E-state index in [0.717, 1.165) is 29.8 Å². The van der Waals surface area contributed by atoms with Crippen LogP contribution in [0.5, 0.6) is 0 Å². The van der Waals surface area contributed by atoms with Crippen LogP contribution >= 0.6 is 11.6 Å². The van der Waals surface area contributed by atoms with Crippen LogP contribution in [0.1, 0.15) is 35.1 Å². The van der Waals surface area contributed by atoms with Crippen molar-refractivity contribution in [3.05, 3.63) is 70.0 Å². The van der Waals surface area contributed by atoms with Gasteiger partial charge in [-0.15, -0.1) is 0 Å². The Morgan fingerprint density at radius 1 is 1.07 bits per heavy atom. The first-order valence-corrected chi connectivity index (χ1v) is 9.66. The minimum absolute atomic E-state index is 0.231. The molecule has 0 fully saturated rings. The average Bonchev–Trinajstić information content (AvgIpc) is 3.28.